The first-order valence-electron chi connectivity index (χ1n) is 11.7. The highest BCUT2D eigenvalue weighted by atomic mass is 16.5. The Hall–Kier alpha value is -3.86. The van der Waals surface area contributed by atoms with Crippen molar-refractivity contribution in [1.29, 1.82) is 0 Å². The minimum absolute atomic E-state index is 0.0795. The number of ether oxygens (including phenoxy) is 1. The Balaban J connectivity index is 1.99. The van der Waals surface area contributed by atoms with Gasteiger partial charge in [-0.05, 0) is 66.3 Å². The zero-order chi connectivity index (χ0) is 25.5. The molecule has 1 amide bonds. The predicted octanol–water partition coefficient (Wildman–Crippen LogP) is 6.24. The van der Waals surface area contributed by atoms with Crippen molar-refractivity contribution in [1.82, 2.24) is 0 Å². The second kappa shape index (κ2) is 9.06. The highest BCUT2D eigenvalue weighted by Gasteiger charge is 2.47. The van der Waals surface area contributed by atoms with Crippen LogP contribution in [0.25, 0.3) is 5.76 Å². The molecular weight excluding hydrogens is 438 g/mol. The fraction of sp³-hybridized carbons (Fsp3) is 0.267. The third kappa shape index (κ3) is 4.34. The summed E-state index contributed by atoms with van der Waals surface area (Å²) in [7, 11) is 1.61. The van der Waals surface area contributed by atoms with E-state index in [1.165, 1.54) is 4.90 Å². The highest BCUT2D eigenvalue weighted by Crippen LogP contribution is 2.44. The molecule has 35 heavy (non-hydrogen) atoms. The lowest BCUT2D eigenvalue weighted by molar-refractivity contribution is -0.132. The Labute approximate surface area is 206 Å². The molecule has 1 heterocycles. The molecule has 4 rings (SSSR count). The average Bonchev–Trinajstić information content (AvgIpc) is 3.08. The van der Waals surface area contributed by atoms with E-state index >= 15 is 0 Å². The van der Waals surface area contributed by atoms with Gasteiger partial charge in [0.1, 0.15) is 11.5 Å². The molecule has 0 aliphatic carbocycles. The lowest BCUT2D eigenvalue weighted by Crippen LogP contribution is -2.29. The molecule has 0 aromatic heterocycles. The third-order valence-electron chi connectivity index (χ3n) is 6.49. The molecule has 0 spiro atoms. The highest BCUT2D eigenvalue weighted by molar-refractivity contribution is 6.51. The van der Waals surface area contributed by atoms with Crippen molar-refractivity contribution in [3.05, 3.63) is 100 Å². The Morgan fingerprint density at radius 3 is 2.29 bits per heavy atom. The van der Waals surface area contributed by atoms with Crippen molar-refractivity contribution in [3.63, 3.8) is 0 Å². The van der Waals surface area contributed by atoms with Crippen LogP contribution in [0.5, 0.6) is 5.75 Å². The summed E-state index contributed by atoms with van der Waals surface area (Å²) in [6.45, 7) is 10.0. The van der Waals surface area contributed by atoms with Crippen molar-refractivity contribution >= 4 is 23.1 Å². The summed E-state index contributed by atoms with van der Waals surface area (Å²) >= 11 is 0. The third-order valence-corrected chi connectivity index (χ3v) is 6.49. The number of carbonyl (C=O) groups excluding carboxylic acids is 2. The van der Waals surface area contributed by atoms with Crippen molar-refractivity contribution in [2.75, 3.05) is 12.0 Å². The molecule has 5 heteroatoms. The molecule has 1 atom stereocenters. The normalized spacial score (nSPS) is 17.7. The van der Waals surface area contributed by atoms with Crippen LogP contribution in [0.4, 0.5) is 5.69 Å². The summed E-state index contributed by atoms with van der Waals surface area (Å²) < 4.78 is 5.54. The van der Waals surface area contributed by atoms with Gasteiger partial charge in [0.2, 0.25) is 0 Å². The van der Waals surface area contributed by atoms with Crippen LogP contribution in [0.3, 0.4) is 0 Å². The van der Waals surface area contributed by atoms with Gasteiger partial charge in [-0.3, -0.25) is 14.5 Å². The van der Waals surface area contributed by atoms with E-state index in [1.54, 1.807) is 19.2 Å². The molecular formula is C30H31NO4. The molecule has 180 valence electrons. The van der Waals surface area contributed by atoms with Gasteiger partial charge < -0.3 is 9.84 Å². The molecule has 1 aliphatic heterocycles. The molecule has 1 saturated heterocycles. The van der Waals surface area contributed by atoms with Gasteiger partial charge in [0.05, 0.1) is 18.7 Å². The van der Waals surface area contributed by atoms with Gasteiger partial charge in [-0.2, -0.15) is 0 Å². The second-order valence-corrected chi connectivity index (χ2v) is 10.0. The number of aryl methyl sites for hydroxylation is 2. The number of ketones is 1. The molecule has 1 fully saturated rings. The van der Waals surface area contributed by atoms with Gasteiger partial charge in [-0.1, -0.05) is 57.2 Å². The molecule has 0 saturated carbocycles. The smallest absolute Gasteiger partial charge is 0.300 e. The fourth-order valence-corrected chi connectivity index (χ4v) is 4.66. The maximum Gasteiger partial charge on any atom is 0.300 e. The average molecular weight is 470 g/mol. The SMILES string of the molecule is COc1ccc(/C(O)=C2\C(=O)C(=O)N(c3cccc(C)c3)C2c2ccccc2C)cc1C(C)(C)C. The van der Waals surface area contributed by atoms with Crippen molar-refractivity contribution in [2.45, 2.75) is 46.1 Å². The van der Waals surface area contributed by atoms with E-state index in [0.29, 0.717) is 17.0 Å². The number of nitrogens with zero attached hydrogens (tertiary/aromatic N) is 1. The van der Waals surface area contributed by atoms with E-state index in [4.69, 9.17) is 4.74 Å². The fourth-order valence-electron chi connectivity index (χ4n) is 4.66. The molecule has 3 aromatic carbocycles. The number of methoxy groups -OCH3 is 1. The molecule has 1 unspecified atom stereocenters. The lowest BCUT2D eigenvalue weighted by Gasteiger charge is -2.27. The first-order chi connectivity index (χ1) is 16.5. The van der Waals surface area contributed by atoms with E-state index in [1.807, 2.05) is 68.4 Å². The van der Waals surface area contributed by atoms with Crippen LogP contribution in [0.1, 0.15) is 54.6 Å². The Bertz CT molecular complexity index is 1350. The van der Waals surface area contributed by atoms with Crippen molar-refractivity contribution in [3.8, 4) is 5.75 Å². The number of rotatable bonds is 4. The van der Waals surface area contributed by atoms with Gasteiger partial charge in [0.15, 0.2) is 0 Å². The summed E-state index contributed by atoms with van der Waals surface area (Å²) in [5.41, 5.74) is 4.48. The van der Waals surface area contributed by atoms with Crippen LogP contribution in [-0.2, 0) is 15.0 Å². The summed E-state index contributed by atoms with van der Waals surface area (Å²) in [6, 6.07) is 19.7. The number of amides is 1. The number of Topliss-reactive ketones (excluding diaryl/α,β-unsaturated/α-hetero) is 1. The van der Waals surface area contributed by atoms with Crippen LogP contribution < -0.4 is 9.64 Å². The zero-order valence-corrected chi connectivity index (χ0v) is 21.0. The van der Waals surface area contributed by atoms with Crippen LogP contribution in [0.2, 0.25) is 0 Å². The van der Waals surface area contributed by atoms with E-state index in [-0.39, 0.29) is 16.7 Å². The van der Waals surface area contributed by atoms with Crippen LogP contribution in [0.15, 0.2) is 72.3 Å². The largest absolute Gasteiger partial charge is 0.507 e. The van der Waals surface area contributed by atoms with Crippen LogP contribution in [0, 0.1) is 13.8 Å². The zero-order valence-electron chi connectivity index (χ0n) is 21.0. The van der Waals surface area contributed by atoms with E-state index in [0.717, 1.165) is 22.3 Å². The molecule has 5 nitrogen and oxygen atoms in total. The molecule has 0 bridgehead atoms. The predicted molar refractivity (Wildman–Crippen MR) is 139 cm³/mol. The topological polar surface area (TPSA) is 66.8 Å². The van der Waals surface area contributed by atoms with Crippen molar-refractivity contribution < 1.29 is 19.4 Å². The van der Waals surface area contributed by atoms with Gasteiger partial charge in [-0.15, -0.1) is 0 Å². The number of aliphatic hydroxyl groups excluding tert-OH is 1. The Morgan fingerprint density at radius 1 is 0.943 bits per heavy atom. The lowest BCUT2D eigenvalue weighted by atomic mass is 9.84. The summed E-state index contributed by atoms with van der Waals surface area (Å²) in [6.07, 6.45) is 0. The first kappa shape index (κ1) is 24.3. The quantitative estimate of drug-likeness (QED) is 0.279. The molecule has 1 aliphatic rings. The first-order valence-corrected chi connectivity index (χ1v) is 11.7. The van der Waals surface area contributed by atoms with Gasteiger partial charge in [0, 0.05) is 16.8 Å². The number of aliphatic hydroxyl groups is 1. The van der Waals surface area contributed by atoms with E-state index in [2.05, 4.69) is 20.8 Å². The summed E-state index contributed by atoms with van der Waals surface area (Å²) in [5.74, 6) is -0.857. The van der Waals surface area contributed by atoms with Crippen LogP contribution >= 0.6 is 0 Å². The van der Waals surface area contributed by atoms with E-state index < -0.39 is 17.7 Å². The van der Waals surface area contributed by atoms with E-state index in [9.17, 15) is 14.7 Å². The summed E-state index contributed by atoms with van der Waals surface area (Å²) in [5, 5.41) is 11.5. The molecule has 0 radical (unpaired) electrons. The summed E-state index contributed by atoms with van der Waals surface area (Å²) in [4.78, 5) is 28.3. The number of hydrogen-bond donors (Lipinski definition) is 1. The van der Waals surface area contributed by atoms with Crippen molar-refractivity contribution in [2.24, 2.45) is 0 Å². The van der Waals surface area contributed by atoms with Gasteiger partial charge in [-0.25, -0.2) is 0 Å². The minimum Gasteiger partial charge on any atom is -0.507 e. The molecule has 1 N–H and O–H groups in total. The Kier molecular flexibility index (Phi) is 6.28. The monoisotopic (exact) mass is 469 g/mol. The maximum absolute atomic E-state index is 13.5. The van der Waals surface area contributed by atoms with Crippen LogP contribution in [-0.4, -0.2) is 23.9 Å². The second-order valence-electron chi connectivity index (χ2n) is 10.0. The molecule has 3 aromatic rings. The number of carbonyl (C=O) groups is 2. The van der Waals surface area contributed by atoms with Gasteiger partial charge in [0.25, 0.3) is 11.7 Å². The van der Waals surface area contributed by atoms with Gasteiger partial charge >= 0.3 is 0 Å². The number of anilines is 1. The number of hydrogen-bond acceptors (Lipinski definition) is 4. The Morgan fingerprint density at radius 2 is 1.66 bits per heavy atom. The maximum atomic E-state index is 13.5. The minimum atomic E-state index is -0.752. The standard InChI is InChI=1S/C30H31NO4/c1-18-10-9-12-21(16-18)31-26(22-13-8-7-11-19(22)2)25(28(33)29(31)34)27(32)20-14-15-24(35-6)23(17-20)30(3,4)5/h7-17,26,32H,1-6H3/b27-25+. The number of benzene rings is 3.